The van der Waals surface area contributed by atoms with Crippen molar-refractivity contribution in [2.75, 3.05) is 0 Å². The lowest BCUT2D eigenvalue weighted by Gasteiger charge is -2.28. The molecule has 0 amide bonds. The molecule has 0 aromatic heterocycles. The number of aliphatic hydroxyl groups is 1. The number of hydrogen-bond acceptors (Lipinski definition) is 1. The van der Waals surface area contributed by atoms with Gasteiger partial charge < -0.3 is 5.11 Å². The van der Waals surface area contributed by atoms with Crippen molar-refractivity contribution < 1.29 is 9.50 Å². The molecule has 0 bridgehead atoms. The van der Waals surface area contributed by atoms with Gasteiger partial charge >= 0.3 is 0 Å². The highest BCUT2D eigenvalue weighted by Gasteiger charge is 2.24. The molecule has 1 atom stereocenters. The van der Waals surface area contributed by atoms with Crippen LogP contribution in [0.15, 0.2) is 12.1 Å². The third kappa shape index (κ3) is 2.27. The Morgan fingerprint density at radius 1 is 1.38 bits per heavy atom. The molecule has 1 aromatic carbocycles. The Bertz CT molecular complexity index is 359. The molecule has 0 heterocycles. The number of aliphatic hydroxyl groups excluding tert-OH is 1. The number of rotatable bonds is 3. The topological polar surface area (TPSA) is 20.2 Å². The zero-order valence-corrected chi connectivity index (χ0v) is 9.96. The van der Waals surface area contributed by atoms with E-state index < -0.39 is 6.10 Å². The van der Waals surface area contributed by atoms with Crippen LogP contribution in [0.1, 0.15) is 48.5 Å². The summed E-state index contributed by atoms with van der Waals surface area (Å²) >= 11 is 0. The van der Waals surface area contributed by atoms with E-state index in [0.29, 0.717) is 17.9 Å². The average Bonchev–Trinajstić information content (AvgIpc) is 2.09. The van der Waals surface area contributed by atoms with E-state index in [-0.39, 0.29) is 5.82 Å². The second-order valence-electron chi connectivity index (χ2n) is 5.03. The molecule has 88 valence electrons. The summed E-state index contributed by atoms with van der Waals surface area (Å²) in [7, 11) is 0. The van der Waals surface area contributed by atoms with E-state index in [0.717, 1.165) is 11.1 Å². The zero-order valence-electron chi connectivity index (χ0n) is 9.96. The molecule has 2 heteroatoms. The van der Waals surface area contributed by atoms with Gasteiger partial charge in [0.2, 0.25) is 0 Å². The molecule has 16 heavy (non-hydrogen) atoms. The van der Waals surface area contributed by atoms with E-state index in [1.807, 2.05) is 19.9 Å². The summed E-state index contributed by atoms with van der Waals surface area (Å²) < 4.78 is 13.8. The average molecular weight is 222 g/mol. The Labute approximate surface area is 96.3 Å². The van der Waals surface area contributed by atoms with Gasteiger partial charge in [0.05, 0.1) is 6.10 Å². The van der Waals surface area contributed by atoms with E-state index in [2.05, 4.69) is 0 Å². The summed E-state index contributed by atoms with van der Waals surface area (Å²) in [5, 5.41) is 10.1. The molecule has 0 saturated heterocycles. The van der Waals surface area contributed by atoms with Crippen LogP contribution in [0.5, 0.6) is 0 Å². The maximum absolute atomic E-state index is 13.8. The van der Waals surface area contributed by atoms with Crippen LogP contribution >= 0.6 is 0 Å². The second kappa shape index (κ2) is 4.54. The summed E-state index contributed by atoms with van der Waals surface area (Å²) in [4.78, 5) is 0. The standard InChI is InChI=1S/C14H19FO/c1-9-6-10(2)14(12(15)7-9)13(16)8-11-4-3-5-11/h6-7,11,13,16H,3-5,8H2,1-2H3. The van der Waals surface area contributed by atoms with E-state index in [1.54, 1.807) is 0 Å². The van der Waals surface area contributed by atoms with Gasteiger partial charge in [0.15, 0.2) is 0 Å². The van der Waals surface area contributed by atoms with Crippen molar-refractivity contribution in [1.29, 1.82) is 0 Å². The van der Waals surface area contributed by atoms with Crippen LogP contribution in [0, 0.1) is 25.6 Å². The van der Waals surface area contributed by atoms with Crippen LogP contribution in [-0.4, -0.2) is 5.11 Å². The van der Waals surface area contributed by atoms with Crippen molar-refractivity contribution in [3.63, 3.8) is 0 Å². The van der Waals surface area contributed by atoms with Crippen molar-refractivity contribution in [3.8, 4) is 0 Å². The maximum Gasteiger partial charge on any atom is 0.129 e. The molecule has 0 spiro atoms. The van der Waals surface area contributed by atoms with Crippen molar-refractivity contribution in [3.05, 3.63) is 34.6 Å². The Morgan fingerprint density at radius 3 is 2.56 bits per heavy atom. The van der Waals surface area contributed by atoms with Crippen molar-refractivity contribution in [2.45, 2.75) is 45.6 Å². The number of halogens is 1. The van der Waals surface area contributed by atoms with Gasteiger partial charge in [0, 0.05) is 5.56 Å². The molecule has 0 aliphatic heterocycles. The zero-order chi connectivity index (χ0) is 11.7. The van der Waals surface area contributed by atoms with Gasteiger partial charge in [0.1, 0.15) is 5.82 Å². The van der Waals surface area contributed by atoms with Crippen LogP contribution in [0.4, 0.5) is 4.39 Å². The Hall–Kier alpha value is -0.890. The summed E-state index contributed by atoms with van der Waals surface area (Å²) in [6.07, 6.45) is 3.70. The predicted molar refractivity (Wildman–Crippen MR) is 62.8 cm³/mol. The molecule has 2 rings (SSSR count). The molecular formula is C14H19FO. The fourth-order valence-electron chi connectivity index (χ4n) is 2.51. The van der Waals surface area contributed by atoms with Crippen LogP contribution < -0.4 is 0 Å². The summed E-state index contributed by atoms with van der Waals surface area (Å²) in [5.74, 6) is 0.333. The van der Waals surface area contributed by atoms with Gasteiger partial charge in [-0.15, -0.1) is 0 Å². The SMILES string of the molecule is Cc1cc(C)c(C(O)CC2CCC2)c(F)c1. The lowest BCUT2D eigenvalue weighted by molar-refractivity contribution is 0.114. The first-order valence-electron chi connectivity index (χ1n) is 6.02. The summed E-state index contributed by atoms with van der Waals surface area (Å²) in [6, 6.07) is 3.44. The summed E-state index contributed by atoms with van der Waals surface area (Å²) in [6.45, 7) is 3.74. The molecule has 1 aliphatic carbocycles. The van der Waals surface area contributed by atoms with Gasteiger partial charge in [0.25, 0.3) is 0 Å². The van der Waals surface area contributed by atoms with Crippen molar-refractivity contribution in [1.82, 2.24) is 0 Å². The third-order valence-corrected chi connectivity index (χ3v) is 3.60. The normalized spacial score (nSPS) is 18.2. The highest BCUT2D eigenvalue weighted by Crippen LogP contribution is 2.36. The first-order chi connectivity index (χ1) is 7.58. The van der Waals surface area contributed by atoms with Gasteiger partial charge in [-0.05, 0) is 43.4 Å². The minimum atomic E-state index is -0.633. The van der Waals surface area contributed by atoms with E-state index in [1.165, 1.54) is 25.3 Å². The molecule has 1 aliphatic rings. The van der Waals surface area contributed by atoms with Gasteiger partial charge in [-0.25, -0.2) is 4.39 Å². The highest BCUT2D eigenvalue weighted by atomic mass is 19.1. The molecular weight excluding hydrogens is 203 g/mol. The lowest BCUT2D eigenvalue weighted by atomic mass is 9.80. The molecule has 1 fully saturated rings. The third-order valence-electron chi connectivity index (χ3n) is 3.60. The maximum atomic E-state index is 13.8. The van der Waals surface area contributed by atoms with E-state index in [9.17, 15) is 9.50 Å². The monoisotopic (exact) mass is 222 g/mol. The largest absolute Gasteiger partial charge is 0.388 e. The fraction of sp³-hybridized carbons (Fsp3) is 0.571. The van der Waals surface area contributed by atoms with Crippen LogP contribution in [0.2, 0.25) is 0 Å². The highest BCUT2D eigenvalue weighted by molar-refractivity contribution is 5.33. The molecule has 1 unspecified atom stereocenters. The quantitative estimate of drug-likeness (QED) is 0.827. The number of hydrogen-bond donors (Lipinski definition) is 1. The first-order valence-corrected chi connectivity index (χ1v) is 6.02. The smallest absolute Gasteiger partial charge is 0.129 e. The Balaban J connectivity index is 2.17. The van der Waals surface area contributed by atoms with Crippen molar-refractivity contribution in [2.24, 2.45) is 5.92 Å². The second-order valence-corrected chi connectivity index (χ2v) is 5.03. The van der Waals surface area contributed by atoms with Gasteiger partial charge in [-0.3, -0.25) is 0 Å². The van der Waals surface area contributed by atoms with Crippen molar-refractivity contribution >= 4 is 0 Å². The molecule has 1 nitrogen and oxygen atoms in total. The lowest BCUT2D eigenvalue weighted by Crippen LogP contribution is -2.16. The van der Waals surface area contributed by atoms with Crippen LogP contribution in [0.25, 0.3) is 0 Å². The molecule has 1 saturated carbocycles. The fourth-order valence-corrected chi connectivity index (χ4v) is 2.51. The summed E-state index contributed by atoms with van der Waals surface area (Å²) in [5.41, 5.74) is 2.27. The van der Waals surface area contributed by atoms with Crippen LogP contribution in [-0.2, 0) is 0 Å². The van der Waals surface area contributed by atoms with E-state index >= 15 is 0 Å². The van der Waals surface area contributed by atoms with Gasteiger partial charge in [-0.1, -0.05) is 25.3 Å². The number of benzene rings is 1. The Morgan fingerprint density at radius 2 is 2.06 bits per heavy atom. The predicted octanol–water partition coefficient (Wildman–Crippen LogP) is 3.67. The minimum Gasteiger partial charge on any atom is -0.388 e. The van der Waals surface area contributed by atoms with E-state index in [4.69, 9.17) is 0 Å². The van der Waals surface area contributed by atoms with Gasteiger partial charge in [-0.2, -0.15) is 0 Å². The molecule has 0 radical (unpaired) electrons. The molecule has 1 N–H and O–H groups in total. The number of aryl methyl sites for hydroxylation is 2. The molecule has 1 aromatic rings. The minimum absolute atomic E-state index is 0.260. The Kier molecular flexibility index (Phi) is 3.29. The first kappa shape index (κ1) is 11.6. The van der Waals surface area contributed by atoms with Crippen LogP contribution in [0.3, 0.4) is 0 Å².